The van der Waals surface area contributed by atoms with E-state index >= 15 is 0 Å². The summed E-state index contributed by atoms with van der Waals surface area (Å²) < 4.78 is 4.80. The molecule has 0 unspecified atom stereocenters. The largest absolute Gasteiger partial charge is 0.462 e. The van der Waals surface area contributed by atoms with Crippen LogP contribution in [0.1, 0.15) is 20.8 Å². The summed E-state index contributed by atoms with van der Waals surface area (Å²) in [6.45, 7) is 4.96. The number of nitrogens with one attached hydrogen (secondary N) is 1. The van der Waals surface area contributed by atoms with Gasteiger partial charge in [-0.3, -0.25) is 4.79 Å². The minimum Gasteiger partial charge on any atom is -0.462 e. The number of rotatable bonds is 4. The van der Waals surface area contributed by atoms with E-state index in [0.717, 1.165) is 0 Å². The summed E-state index contributed by atoms with van der Waals surface area (Å²) in [5, 5.41) is 2.25. The van der Waals surface area contributed by atoms with Gasteiger partial charge in [-0.05, 0) is 20.8 Å². The molecule has 0 aromatic heterocycles. The lowest BCUT2D eigenvalue weighted by molar-refractivity contribution is -0.149. The van der Waals surface area contributed by atoms with Crippen LogP contribution in [0.3, 0.4) is 0 Å². The monoisotopic (exact) mass is 195 g/mol. The van der Waals surface area contributed by atoms with Crippen LogP contribution in [0, 0.1) is 0 Å². The molecule has 0 aliphatic heterocycles. The highest BCUT2D eigenvalue weighted by molar-refractivity contribution is 7.42. The van der Waals surface area contributed by atoms with E-state index in [1.54, 1.807) is 13.8 Å². The predicted molar refractivity (Wildman–Crippen MR) is 45.2 cm³/mol. The Morgan fingerprint density at radius 1 is 1.42 bits per heavy atom. The maximum absolute atomic E-state index is 11.0. The molecule has 12 heavy (non-hydrogen) atoms. The van der Waals surface area contributed by atoms with Crippen LogP contribution in [0.2, 0.25) is 0 Å². The molecule has 6 heteroatoms. The predicted octanol–water partition coefficient (Wildman–Crippen LogP) is 0.128. The van der Waals surface area contributed by atoms with Crippen molar-refractivity contribution in [2.45, 2.75) is 32.9 Å². The zero-order valence-corrected chi connectivity index (χ0v) is 8.21. The summed E-state index contributed by atoms with van der Waals surface area (Å²) in [5.41, 5.74) is 0. The molecule has 72 valence electrons. The summed E-state index contributed by atoms with van der Waals surface area (Å²) in [5.74, 6) is -0.486. The smallest absolute Gasteiger partial charge is 0.323 e. The first-order valence-corrected chi connectivity index (χ1v) is 4.82. The van der Waals surface area contributed by atoms with Gasteiger partial charge in [-0.25, -0.2) is 5.09 Å². The third-order valence-electron chi connectivity index (χ3n) is 1.01. The SMILES string of the molecule is CC(C)OC(=O)[C@H](C)NP(O)O. The molecule has 3 N–H and O–H groups in total. The minimum absolute atomic E-state index is 0.189. The molecule has 0 amide bonds. The molecule has 5 nitrogen and oxygen atoms in total. The van der Waals surface area contributed by atoms with Gasteiger partial charge in [0.05, 0.1) is 6.10 Å². The molecular weight excluding hydrogens is 181 g/mol. The molecular formula is C6H14NO4P. The molecule has 0 aromatic carbocycles. The standard InChI is InChI=1S/C6H14NO4P/c1-4(2)11-6(8)5(3)7-12(9)10/h4-5,7,9-10H,1-3H3/t5-/m0/s1. The molecule has 0 fully saturated rings. The Morgan fingerprint density at radius 3 is 2.25 bits per heavy atom. The van der Waals surface area contributed by atoms with Crippen LogP contribution in [0.4, 0.5) is 0 Å². The van der Waals surface area contributed by atoms with E-state index in [1.807, 2.05) is 0 Å². The first-order valence-electron chi connectivity index (χ1n) is 3.58. The van der Waals surface area contributed by atoms with Crippen molar-refractivity contribution in [3.63, 3.8) is 0 Å². The Balaban J connectivity index is 3.77. The summed E-state index contributed by atoms with van der Waals surface area (Å²) in [7, 11) is -2.25. The number of esters is 1. The fourth-order valence-electron chi connectivity index (χ4n) is 0.560. The second-order valence-corrected chi connectivity index (χ2v) is 3.46. The second-order valence-electron chi connectivity index (χ2n) is 2.63. The van der Waals surface area contributed by atoms with Gasteiger partial charge in [0.2, 0.25) is 0 Å². The van der Waals surface area contributed by atoms with Crippen LogP contribution in [0.5, 0.6) is 0 Å². The third kappa shape index (κ3) is 5.43. The number of carbonyl (C=O) groups is 1. The topological polar surface area (TPSA) is 78.8 Å². The van der Waals surface area contributed by atoms with Crippen molar-refractivity contribution in [1.82, 2.24) is 5.09 Å². The van der Waals surface area contributed by atoms with E-state index in [-0.39, 0.29) is 6.10 Å². The van der Waals surface area contributed by atoms with Crippen LogP contribution in [-0.4, -0.2) is 27.9 Å². The molecule has 0 aliphatic carbocycles. The van der Waals surface area contributed by atoms with Crippen LogP contribution < -0.4 is 5.09 Å². The summed E-state index contributed by atoms with van der Waals surface area (Å²) in [6, 6.07) is -0.687. The highest BCUT2D eigenvalue weighted by atomic mass is 31.2. The van der Waals surface area contributed by atoms with E-state index in [9.17, 15) is 4.79 Å². The molecule has 0 radical (unpaired) electrons. The molecule has 0 aliphatic rings. The van der Waals surface area contributed by atoms with Crippen LogP contribution in [0.15, 0.2) is 0 Å². The molecule has 0 rings (SSSR count). The summed E-state index contributed by atoms with van der Waals surface area (Å²) >= 11 is 0. The zero-order chi connectivity index (χ0) is 9.72. The first kappa shape index (κ1) is 11.8. The van der Waals surface area contributed by atoms with E-state index in [4.69, 9.17) is 14.5 Å². The van der Waals surface area contributed by atoms with Gasteiger partial charge in [0.25, 0.3) is 8.53 Å². The summed E-state index contributed by atoms with van der Waals surface area (Å²) in [4.78, 5) is 28.0. The van der Waals surface area contributed by atoms with Crippen molar-refractivity contribution in [1.29, 1.82) is 0 Å². The Bertz CT molecular complexity index is 150. The van der Waals surface area contributed by atoms with Gasteiger partial charge in [-0.2, -0.15) is 0 Å². The molecule has 0 bridgehead atoms. The van der Waals surface area contributed by atoms with Crippen molar-refractivity contribution in [3.05, 3.63) is 0 Å². The van der Waals surface area contributed by atoms with E-state index in [1.165, 1.54) is 6.92 Å². The Labute approximate surface area is 72.7 Å². The van der Waals surface area contributed by atoms with Gasteiger partial charge in [-0.15, -0.1) is 0 Å². The lowest BCUT2D eigenvalue weighted by Gasteiger charge is -2.15. The van der Waals surface area contributed by atoms with Crippen LogP contribution in [0.25, 0.3) is 0 Å². The van der Waals surface area contributed by atoms with Crippen molar-refractivity contribution in [2.24, 2.45) is 0 Å². The average Bonchev–Trinajstić information content (AvgIpc) is 1.84. The number of hydrogen-bond acceptors (Lipinski definition) is 5. The molecule has 0 saturated carbocycles. The fourth-order valence-corrected chi connectivity index (χ4v) is 1.01. The fraction of sp³-hybridized carbons (Fsp3) is 0.833. The van der Waals surface area contributed by atoms with Crippen LogP contribution >= 0.6 is 8.53 Å². The zero-order valence-electron chi connectivity index (χ0n) is 7.31. The molecule has 0 spiro atoms. The van der Waals surface area contributed by atoms with Gasteiger partial charge in [0.1, 0.15) is 6.04 Å². The first-order chi connectivity index (χ1) is 5.43. The second kappa shape index (κ2) is 5.43. The number of hydrogen-bond donors (Lipinski definition) is 3. The highest BCUT2D eigenvalue weighted by Gasteiger charge is 2.17. The Hall–Kier alpha value is -0.220. The van der Waals surface area contributed by atoms with Gasteiger partial charge in [0, 0.05) is 0 Å². The maximum atomic E-state index is 11.0. The van der Waals surface area contributed by atoms with Crippen molar-refractivity contribution in [3.8, 4) is 0 Å². The minimum atomic E-state index is -2.25. The van der Waals surface area contributed by atoms with Gasteiger partial charge >= 0.3 is 5.97 Å². The normalized spacial score (nSPS) is 13.6. The molecule has 0 aromatic rings. The lowest BCUT2D eigenvalue weighted by Crippen LogP contribution is -2.33. The highest BCUT2D eigenvalue weighted by Crippen LogP contribution is 2.17. The number of ether oxygens (including phenoxy) is 1. The van der Waals surface area contributed by atoms with Crippen molar-refractivity contribution < 1.29 is 19.3 Å². The molecule has 0 saturated heterocycles. The van der Waals surface area contributed by atoms with E-state index < -0.39 is 20.5 Å². The summed E-state index contributed by atoms with van der Waals surface area (Å²) in [6.07, 6.45) is -0.189. The van der Waals surface area contributed by atoms with Crippen LogP contribution in [-0.2, 0) is 9.53 Å². The average molecular weight is 195 g/mol. The van der Waals surface area contributed by atoms with Crippen molar-refractivity contribution >= 4 is 14.5 Å². The molecule has 0 heterocycles. The van der Waals surface area contributed by atoms with Gasteiger partial charge in [0.15, 0.2) is 0 Å². The Morgan fingerprint density at radius 2 is 1.92 bits per heavy atom. The van der Waals surface area contributed by atoms with Gasteiger partial charge in [-0.1, -0.05) is 0 Å². The van der Waals surface area contributed by atoms with Crippen molar-refractivity contribution in [2.75, 3.05) is 0 Å². The third-order valence-corrected chi connectivity index (χ3v) is 1.63. The van der Waals surface area contributed by atoms with E-state index in [2.05, 4.69) is 5.09 Å². The quantitative estimate of drug-likeness (QED) is 0.439. The van der Waals surface area contributed by atoms with Gasteiger partial charge < -0.3 is 14.5 Å². The molecule has 1 atom stereocenters. The Kier molecular flexibility index (Phi) is 5.33. The lowest BCUT2D eigenvalue weighted by atomic mass is 10.4. The van der Waals surface area contributed by atoms with E-state index in [0.29, 0.717) is 0 Å². The number of carbonyl (C=O) groups excluding carboxylic acids is 1. The maximum Gasteiger partial charge on any atom is 0.323 e.